The van der Waals surface area contributed by atoms with Gasteiger partial charge < -0.3 is 25.2 Å². The number of nitrogens with zero attached hydrogens (tertiary/aromatic N) is 6. The number of carbonyl (C=O) groups is 2. The van der Waals surface area contributed by atoms with Crippen LogP contribution in [-0.2, 0) is 0 Å². The highest BCUT2D eigenvalue weighted by atomic mass is 35.5. The van der Waals surface area contributed by atoms with E-state index in [4.69, 9.17) is 28.2 Å². The lowest BCUT2D eigenvalue weighted by atomic mass is 9.94. The van der Waals surface area contributed by atoms with Crippen molar-refractivity contribution in [3.8, 4) is 11.4 Å². The third-order valence-corrected chi connectivity index (χ3v) is 9.84. The largest absolute Gasteiger partial charge is 0.477 e. The molecule has 3 aromatic rings. The van der Waals surface area contributed by atoms with Crippen LogP contribution in [0.1, 0.15) is 53.0 Å². The number of piperidine rings is 1. The lowest BCUT2D eigenvalue weighted by Gasteiger charge is -2.37. The summed E-state index contributed by atoms with van der Waals surface area (Å²) in [7, 11) is 0. The third kappa shape index (κ3) is 6.51. The number of aromatic amines is 1. The van der Waals surface area contributed by atoms with Crippen molar-refractivity contribution in [2.24, 2.45) is 11.8 Å². The minimum Gasteiger partial charge on any atom is -0.477 e. The molecule has 1 amide bonds. The van der Waals surface area contributed by atoms with E-state index in [-0.39, 0.29) is 33.5 Å². The molecule has 0 saturated carbocycles. The normalized spacial score (nSPS) is 19.9. The van der Waals surface area contributed by atoms with E-state index in [9.17, 15) is 14.7 Å². The Morgan fingerprint density at radius 1 is 1.12 bits per heavy atom. The van der Waals surface area contributed by atoms with E-state index >= 15 is 0 Å². The van der Waals surface area contributed by atoms with Crippen LogP contribution in [0.3, 0.4) is 0 Å². The number of carboxylic acids is 1. The zero-order valence-corrected chi connectivity index (χ0v) is 26.5. The lowest BCUT2D eigenvalue weighted by Crippen LogP contribution is -2.50. The summed E-state index contributed by atoms with van der Waals surface area (Å²) in [5.41, 5.74) is 1.65. The molecule has 0 radical (unpaired) electrons. The fourth-order valence-corrected chi connectivity index (χ4v) is 6.91. The number of rotatable bonds is 8. The van der Waals surface area contributed by atoms with Gasteiger partial charge in [-0.25, -0.2) is 19.7 Å². The van der Waals surface area contributed by atoms with Crippen LogP contribution in [0.25, 0.3) is 11.4 Å². The van der Waals surface area contributed by atoms with Crippen molar-refractivity contribution in [2.45, 2.75) is 40.2 Å². The van der Waals surface area contributed by atoms with Gasteiger partial charge in [-0.3, -0.25) is 9.69 Å². The smallest absolute Gasteiger partial charge is 0.348 e. The van der Waals surface area contributed by atoms with Crippen LogP contribution in [0.15, 0.2) is 12.4 Å². The predicted molar refractivity (Wildman–Crippen MR) is 166 cm³/mol. The molecular formula is C28H36Cl2N8O3S. The molecule has 42 heavy (non-hydrogen) atoms. The number of aromatic nitrogens is 4. The van der Waals surface area contributed by atoms with Crippen LogP contribution in [-0.4, -0.2) is 93.7 Å². The lowest BCUT2D eigenvalue weighted by molar-refractivity contribution is 0.0702. The average molecular weight is 636 g/mol. The maximum atomic E-state index is 12.9. The highest BCUT2D eigenvalue weighted by Crippen LogP contribution is 2.35. The Balaban J connectivity index is 1.24. The number of carbonyl (C=O) groups excluding carboxylic acids is 1. The Morgan fingerprint density at radius 2 is 1.86 bits per heavy atom. The number of amides is 1. The fourth-order valence-electron chi connectivity index (χ4n) is 5.55. The van der Waals surface area contributed by atoms with E-state index < -0.39 is 5.97 Å². The molecule has 226 valence electrons. The van der Waals surface area contributed by atoms with Crippen molar-refractivity contribution < 1.29 is 14.7 Å². The number of piperazine rings is 1. The molecule has 0 bridgehead atoms. The van der Waals surface area contributed by atoms with Gasteiger partial charge >= 0.3 is 5.97 Å². The number of aromatic carboxylic acids is 1. The number of H-pyrrole nitrogens is 1. The molecule has 0 aliphatic carbocycles. The maximum absolute atomic E-state index is 12.9. The predicted octanol–water partition coefficient (Wildman–Crippen LogP) is 4.66. The SMILES string of the molecule is Cc1[nH]c(C(=O)N[C@@H]2CCN(c3nc(-c4cnc(N5CCN(CC(C)C)CC5)cn4)c(C(=O)O)s3)C[C@@H]2C)c(Cl)c1Cl. The van der Waals surface area contributed by atoms with E-state index in [0.29, 0.717) is 52.7 Å². The number of hydrogen-bond donors (Lipinski definition) is 3. The van der Waals surface area contributed by atoms with E-state index in [1.807, 2.05) is 6.92 Å². The van der Waals surface area contributed by atoms with E-state index in [0.717, 1.165) is 49.9 Å². The molecule has 2 atom stereocenters. The molecule has 14 heteroatoms. The highest BCUT2D eigenvalue weighted by Gasteiger charge is 2.32. The average Bonchev–Trinajstić information content (AvgIpc) is 3.52. The summed E-state index contributed by atoms with van der Waals surface area (Å²) in [6.07, 6.45) is 3.98. The number of aryl methyl sites for hydroxylation is 1. The molecule has 3 aromatic heterocycles. The van der Waals surface area contributed by atoms with Crippen molar-refractivity contribution in [3.05, 3.63) is 38.7 Å². The van der Waals surface area contributed by atoms with E-state index in [2.05, 4.69) is 48.8 Å². The summed E-state index contributed by atoms with van der Waals surface area (Å²) in [5.74, 6) is 0.147. The molecule has 2 aliphatic rings. The van der Waals surface area contributed by atoms with Crippen LogP contribution >= 0.6 is 34.5 Å². The van der Waals surface area contributed by atoms with Gasteiger partial charge in [-0.15, -0.1) is 0 Å². The summed E-state index contributed by atoms with van der Waals surface area (Å²) in [6.45, 7) is 14.3. The standard InChI is InChI=1S/C28H36Cl2N8O3S/c1-15(2)13-36-7-9-37(10-8-36)20-12-31-19(11-32-20)23-25(27(40)41)42-28(35-23)38-6-5-18(16(3)14-38)34-26(39)24-22(30)21(29)17(4)33-24/h11-12,15-16,18,33H,5-10,13-14H2,1-4H3,(H,34,39)(H,40,41)/t16-,18+/m0/s1. The van der Waals surface area contributed by atoms with Crippen molar-refractivity contribution in [3.63, 3.8) is 0 Å². The Kier molecular flexibility index (Phi) is 9.26. The Bertz CT molecular complexity index is 1440. The van der Waals surface area contributed by atoms with Gasteiger partial charge in [0.1, 0.15) is 27.8 Å². The first-order valence-electron chi connectivity index (χ1n) is 14.1. The summed E-state index contributed by atoms with van der Waals surface area (Å²) in [5, 5.41) is 14.2. The van der Waals surface area contributed by atoms with Gasteiger partial charge in [0.15, 0.2) is 5.13 Å². The number of anilines is 2. The van der Waals surface area contributed by atoms with Gasteiger partial charge in [0, 0.05) is 57.5 Å². The monoisotopic (exact) mass is 634 g/mol. The van der Waals surface area contributed by atoms with Gasteiger partial charge in [-0.05, 0) is 25.2 Å². The van der Waals surface area contributed by atoms with Crippen LogP contribution in [0, 0.1) is 18.8 Å². The molecule has 0 spiro atoms. The fraction of sp³-hybridized carbons (Fsp3) is 0.536. The van der Waals surface area contributed by atoms with Crippen LogP contribution in [0.2, 0.25) is 10.0 Å². The molecule has 0 aromatic carbocycles. The van der Waals surface area contributed by atoms with Crippen molar-refractivity contribution >= 4 is 57.4 Å². The number of thiazole rings is 1. The van der Waals surface area contributed by atoms with Crippen molar-refractivity contribution in [1.29, 1.82) is 0 Å². The first kappa shape index (κ1) is 30.5. The minimum atomic E-state index is -1.05. The first-order chi connectivity index (χ1) is 20.0. The first-order valence-corrected chi connectivity index (χ1v) is 15.7. The van der Waals surface area contributed by atoms with Gasteiger partial charge in [-0.2, -0.15) is 0 Å². The van der Waals surface area contributed by atoms with Crippen LogP contribution in [0.5, 0.6) is 0 Å². The second kappa shape index (κ2) is 12.7. The molecule has 2 saturated heterocycles. The quantitative estimate of drug-likeness (QED) is 0.324. The van der Waals surface area contributed by atoms with Crippen molar-refractivity contribution in [1.82, 2.24) is 30.2 Å². The Labute approximate surface area is 259 Å². The van der Waals surface area contributed by atoms with Crippen LogP contribution < -0.4 is 15.1 Å². The van der Waals surface area contributed by atoms with Crippen molar-refractivity contribution in [2.75, 3.05) is 55.6 Å². The molecule has 0 unspecified atom stereocenters. The molecule has 2 fully saturated rings. The number of hydrogen-bond acceptors (Lipinski definition) is 9. The summed E-state index contributed by atoms with van der Waals surface area (Å²) >= 11 is 13.5. The molecule has 2 aliphatic heterocycles. The van der Waals surface area contributed by atoms with Gasteiger partial charge in [0.25, 0.3) is 5.91 Å². The number of halogens is 2. The molecular weight excluding hydrogens is 599 g/mol. The van der Waals surface area contributed by atoms with Gasteiger partial charge in [-0.1, -0.05) is 55.3 Å². The maximum Gasteiger partial charge on any atom is 0.348 e. The molecule has 5 rings (SSSR count). The third-order valence-electron chi connectivity index (χ3n) is 7.78. The summed E-state index contributed by atoms with van der Waals surface area (Å²) in [4.78, 5) is 48.7. The van der Waals surface area contributed by atoms with E-state index in [1.165, 1.54) is 0 Å². The zero-order chi connectivity index (χ0) is 30.1. The Hall–Kier alpha value is -2.93. The minimum absolute atomic E-state index is 0.0775. The molecule has 5 heterocycles. The Morgan fingerprint density at radius 3 is 2.43 bits per heavy atom. The second-order valence-corrected chi connectivity index (χ2v) is 13.2. The summed E-state index contributed by atoms with van der Waals surface area (Å²) in [6, 6.07) is -0.0868. The van der Waals surface area contributed by atoms with E-state index in [1.54, 1.807) is 19.3 Å². The highest BCUT2D eigenvalue weighted by molar-refractivity contribution is 7.17. The van der Waals surface area contributed by atoms with Gasteiger partial charge in [0.2, 0.25) is 0 Å². The molecule has 3 N–H and O–H groups in total. The second-order valence-electron chi connectivity index (χ2n) is 11.5. The van der Waals surface area contributed by atoms with Crippen LogP contribution in [0.4, 0.5) is 10.9 Å². The summed E-state index contributed by atoms with van der Waals surface area (Å²) < 4.78 is 0. The van der Waals surface area contributed by atoms with Gasteiger partial charge in [0.05, 0.1) is 22.4 Å². The topological polar surface area (TPSA) is 131 Å². The number of nitrogens with one attached hydrogen (secondary N) is 2. The number of carboxylic acid groups (broad SMARTS) is 1. The molecule has 11 nitrogen and oxygen atoms in total. The zero-order valence-electron chi connectivity index (χ0n) is 24.2.